The van der Waals surface area contributed by atoms with Crippen LogP contribution in [0, 0.1) is 0 Å². The summed E-state index contributed by atoms with van der Waals surface area (Å²) in [5, 5.41) is 23.7. The first kappa shape index (κ1) is 34.1. The summed E-state index contributed by atoms with van der Waals surface area (Å²) >= 11 is 0. The average molecular weight is 684 g/mol. The fourth-order valence-electron chi connectivity index (χ4n) is 6.86. The van der Waals surface area contributed by atoms with E-state index >= 15 is 0 Å². The van der Waals surface area contributed by atoms with Gasteiger partial charge in [-0.1, -0.05) is 72.8 Å². The molecule has 3 heterocycles. The number of hydrogen-bond acceptors (Lipinski definition) is 7. The van der Waals surface area contributed by atoms with Gasteiger partial charge in [0.2, 0.25) is 11.4 Å². The lowest BCUT2D eigenvalue weighted by atomic mass is 9.90. The van der Waals surface area contributed by atoms with Crippen LogP contribution in [0.1, 0.15) is 17.0 Å². The van der Waals surface area contributed by atoms with E-state index in [1.807, 2.05) is 137 Å². The van der Waals surface area contributed by atoms with Crippen molar-refractivity contribution in [1.82, 2.24) is 14.8 Å². The highest BCUT2D eigenvalue weighted by atomic mass is 16.5. The number of pyridine rings is 2. The predicted octanol–water partition coefficient (Wildman–Crippen LogP) is 4.83. The van der Waals surface area contributed by atoms with Crippen LogP contribution in [0.3, 0.4) is 0 Å². The molecule has 0 bridgehead atoms. The molecular weight excluding hydrogens is 640 g/mol. The topological polar surface area (TPSA) is 99.2 Å². The molecule has 1 aliphatic heterocycles. The number of piperazine rings is 1. The van der Waals surface area contributed by atoms with Gasteiger partial charge in [0.05, 0.1) is 16.8 Å². The molecule has 2 atom stereocenters. The van der Waals surface area contributed by atoms with E-state index in [9.17, 15) is 15.0 Å². The van der Waals surface area contributed by atoms with E-state index in [4.69, 9.17) is 9.47 Å². The predicted molar refractivity (Wildman–Crippen MR) is 197 cm³/mol. The summed E-state index contributed by atoms with van der Waals surface area (Å²) in [6, 6.07) is 39.2. The number of aromatic nitrogens is 2. The van der Waals surface area contributed by atoms with Gasteiger partial charge in [0.15, 0.2) is 12.7 Å². The molecule has 1 saturated heterocycles. The summed E-state index contributed by atoms with van der Waals surface area (Å²) in [4.78, 5) is 22.3. The van der Waals surface area contributed by atoms with Crippen molar-refractivity contribution in [3.63, 3.8) is 0 Å². The summed E-state index contributed by atoms with van der Waals surface area (Å²) < 4.78 is 14.2. The molecule has 2 aromatic heterocycles. The Bertz CT molecular complexity index is 2010. The highest BCUT2D eigenvalue weighted by Gasteiger charge is 2.30. The molecule has 0 radical (unpaired) electrons. The zero-order valence-electron chi connectivity index (χ0n) is 28.5. The van der Waals surface area contributed by atoms with Crippen LogP contribution in [-0.4, -0.2) is 89.0 Å². The summed E-state index contributed by atoms with van der Waals surface area (Å²) in [7, 11) is 0. The van der Waals surface area contributed by atoms with E-state index in [1.54, 1.807) is 6.20 Å². The third-order valence-corrected chi connectivity index (χ3v) is 9.42. The van der Waals surface area contributed by atoms with Gasteiger partial charge in [0, 0.05) is 56.4 Å². The molecule has 9 nitrogen and oxygen atoms in total. The van der Waals surface area contributed by atoms with Crippen molar-refractivity contribution in [2.45, 2.75) is 24.7 Å². The minimum atomic E-state index is -0.753. The number of fused-ring (bicyclic) bond motifs is 2. The Morgan fingerprint density at radius 3 is 2.02 bits per heavy atom. The fourth-order valence-corrected chi connectivity index (χ4v) is 6.86. The van der Waals surface area contributed by atoms with Crippen LogP contribution in [0.4, 0.5) is 0 Å². The minimum absolute atomic E-state index is 0.103. The van der Waals surface area contributed by atoms with Crippen molar-refractivity contribution in [2.24, 2.45) is 0 Å². The molecular formula is C42H43N4O5+. The van der Waals surface area contributed by atoms with Crippen molar-refractivity contribution in [1.29, 1.82) is 0 Å². The highest BCUT2D eigenvalue weighted by Crippen LogP contribution is 2.28. The maximum atomic E-state index is 13.8. The minimum Gasteiger partial charge on any atom is -0.490 e. The molecule has 1 aliphatic rings. The van der Waals surface area contributed by atoms with E-state index < -0.39 is 12.2 Å². The third-order valence-electron chi connectivity index (χ3n) is 9.42. The van der Waals surface area contributed by atoms with Crippen LogP contribution < -0.4 is 14.0 Å². The van der Waals surface area contributed by atoms with E-state index in [0.717, 1.165) is 32.9 Å². The van der Waals surface area contributed by atoms with Gasteiger partial charge in [-0.2, -0.15) is 4.57 Å². The maximum Gasteiger partial charge on any atom is 0.234 e. The first-order valence-electron chi connectivity index (χ1n) is 17.5. The first-order chi connectivity index (χ1) is 25.0. The second kappa shape index (κ2) is 16.1. The SMILES string of the molecule is O=C(C(c1ccccc1)c1ccccc1)N1CCN(CC(O)COc2cccc3c2ccc[n+]3CC(O)COc2cccc3ncccc23)CC1. The molecule has 9 heteroatoms. The van der Waals surface area contributed by atoms with Gasteiger partial charge in [-0.15, -0.1) is 0 Å². The smallest absolute Gasteiger partial charge is 0.234 e. The normalized spacial score (nSPS) is 14.8. The van der Waals surface area contributed by atoms with Gasteiger partial charge in [-0.25, -0.2) is 0 Å². The van der Waals surface area contributed by atoms with E-state index in [1.165, 1.54) is 0 Å². The second-order valence-electron chi connectivity index (χ2n) is 13.0. The average Bonchev–Trinajstić information content (AvgIpc) is 3.17. The van der Waals surface area contributed by atoms with Crippen LogP contribution in [0.15, 0.2) is 134 Å². The van der Waals surface area contributed by atoms with E-state index in [2.05, 4.69) is 9.88 Å². The number of rotatable bonds is 13. The van der Waals surface area contributed by atoms with Crippen molar-refractivity contribution in [3.8, 4) is 11.5 Å². The first-order valence-corrected chi connectivity index (χ1v) is 17.5. The summed E-state index contributed by atoms with van der Waals surface area (Å²) in [6.07, 6.45) is 2.22. The van der Waals surface area contributed by atoms with Crippen LogP contribution in [0.5, 0.6) is 11.5 Å². The Hall–Kier alpha value is -5.35. The van der Waals surface area contributed by atoms with Crippen molar-refractivity contribution in [2.75, 3.05) is 45.9 Å². The number of nitrogens with zero attached hydrogens (tertiary/aromatic N) is 4. The Balaban J connectivity index is 0.921. The summed E-state index contributed by atoms with van der Waals surface area (Å²) in [5.74, 6) is 1.11. The zero-order chi connectivity index (χ0) is 35.0. The fraction of sp³-hybridized carbons (Fsp3) is 0.262. The Kier molecular flexibility index (Phi) is 10.8. The molecule has 51 heavy (non-hydrogen) atoms. The van der Waals surface area contributed by atoms with E-state index in [0.29, 0.717) is 50.8 Å². The van der Waals surface area contributed by atoms with Gasteiger partial charge in [-0.3, -0.25) is 14.7 Å². The molecule has 1 fully saturated rings. The molecule has 260 valence electrons. The number of carbonyl (C=O) groups is 1. The van der Waals surface area contributed by atoms with Gasteiger partial charge in [-0.05, 0) is 47.5 Å². The molecule has 2 N–H and O–H groups in total. The van der Waals surface area contributed by atoms with Gasteiger partial charge in [0.1, 0.15) is 36.9 Å². The molecule has 4 aromatic carbocycles. The summed E-state index contributed by atoms with van der Waals surface area (Å²) in [6.45, 7) is 3.60. The van der Waals surface area contributed by atoms with Gasteiger partial charge < -0.3 is 24.6 Å². The number of amides is 1. The Morgan fingerprint density at radius 2 is 1.31 bits per heavy atom. The molecule has 0 spiro atoms. The number of aliphatic hydroxyl groups is 2. The van der Waals surface area contributed by atoms with Crippen molar-refractivity contribution in [3.05, 3.63) is 145 Å². The molecule has 6 aromatic rings. The maximum absolute atomic E-state index is 13.8. The lowest BCUT2D eigenvalue weighted by Gasteiger charge is -2.37. The second-order valence-corrected chi connectivity index (χ2v) is 13.0. The number of benzene rings is 4. The quantitative estimate of drug-likeness (QED) is 0.168. The summed E-state index contributed by atoms with van der Waals surface area (Å²) in [5.41, 5.74) is 3.73. The van der Waals surface area contributed by atoms with Crippen molar-refractivity contribution < 1.29 is 29.0 Å². The van der Waals surface area contributed by atoms with Gasteiger partial charge in [0.25, 0.3) is 0 Å². The van der Waals surface area contributed by atoms with Crippen LogP contribution >= 0.6 is 0 Å². The number of hydrogen-bond donors (Lipinski definition) is 2. The molecule has 1 amide bonds. The van der Waals surface area contributed by atoms with E-state index in [-0.39, 0.29) is 25.0 Å². The number of β-amino-alcohol motifs (C(OH)–C–C–N with tert-alkyl or cyclic N) is 1. The van der Waals surface area contributed by atoms with Crippen LogP contribution in [0.2, 0.25) is 0 Å². The zero-order valence-corrected chi connectivity index (χ0v) is 28.5. The van der Waals surface area contributed by atoms with Crippen LogP contribution in [0.25, 0.3) is 21.8 Å². The third kappa shape index (κ3) is 8.18. The Labute approximate surface area is 297 Å². The largest absolute Gasteiger partial charge is 0.490 e. The van der Waals surface area contributed by atoms with Gasteiger partial charge >= 0.3 is 0 Å². The van der Waals surface area contributed by atoms with Crippen molar-refractivity contribution >= 4 is 27.7 Å². The van der Waals surface area contributed by atoms with Crippen LogP contribution in [-0.2, 0) is 11.3 Å². The number of carbonyl (C=O) groups excluding carboxylic acids is 1. The Morgan fingerprint density at radius 1 is 0.686 bits per heavy atom. The molecule has 0 saturated carbocycles. The number of aliphatic hydroxyl groups excluding tert-OH is 2. The number of ether oxygens (including phenoxy) is 2. The molecule has 0 aliphatic carbocycles. The standard InChI is InChI=1S/C42H43N4O5/c47-33(27-44-23-25-45(26-24-44)42(49)41(31-11-3-1-4-12-31)32-13-5-2-6-14-32)29-51-40-20-8-18-38-36(40)16-10-22-46(38)28-34(48)30-50-39-19-7-17-37-35(39)15-9-21-43-37/h1-22,33-34,41,47-48H,23-30H2/q+1. The lowest BCUT2D eigenvalue weighted by molar-refractivity contribution is -0.678. The highest BCUT2D eigenvalue weighted by molar-refractivity contribution is 5.87. The molecule has 2 unspecified atom stereocenters. The lowest BCUT2D eigenvalue weighted by Crippen LogP contribution is -2.52. The monoisotopic (exact) mass is 683 g/mol. The molecule has 7 rings (SSSR count).